The summed E-state index contributed by atoms with van der Waals surface area (Å²) in [5.41, 5.74) is 6.48. The number of hydrogen-bond donors (Lipinski definition) is 1. The predicted octanol–water partition coefficient (Wildman–Crippen LogP) is 1.13. The molecule has 0 aliphatic heterocycles. The molecule has 4 nitrogen and oxygen atoms in total. The number of nitrogen functional groups attached to an aromatic ring is 1. The number of nitriles is 1. The van der Waals surface area contributed by atoms with Gasteiger partial charge in [0.2, 0.25) is 0 Å². The van der Waals surface area contributed by atoms with E-state index in [-0.39, 0.29) is 11.5 Å². The molecule has 1 aromatic rings. The maximum absolute atomic E-state index is 8.64. The lowest BCUT2D eigenvalue weighted by atomic mass is 10.1. The zero-order valence-electron chi connectivity index (χ0n) is 7.78. The van der Waals surface area contributed by atoms with E-state index >= 15 is 0 Å². The first kappa shape index (κ1) is 9.46. The summed E-state index contributed by atoms with van der Waals surface area (Å²) in [5, 5.41) is 8.64. The molecule has 0 saturated heterocycles. The number of rotatable bonds is 2. The normalized spacial score (nSPS) is 10.0. The molecular formula is C9H12N4. The Morgan fingerprint density at radius 2 is 2.31 bits per heavy atom. The van der Waals surface area contributed by atoms with Crippen molar-refractivity contribution >= 4 is 5.82 Å². The molecule has 0 bridgehead atoms. The molecule has 0 spiro atoms. The second kappa shape index (κ2) is 3.85. The predicted molar refractivity (Wildman–Crippen MR) is 49.7 cm³/mol. The van der Waals surface area contributed by atoms with Gasteiger partial charge in [-0.1, -0.05) is 13.8 Å². The molecular weight excluding hydrogens is 164 g/mol. The van der Waals surface area contributed by atoms with Crippen molar-refractivity contribution in [2.75, 3.05) is 5.73 Å². The summed E-state index contributed by atoms with van der Waals surface area (Å²) in [6.45, 7) is 4.17. The Balaban J connectivity index is 2.95. The van der Waals surface area contributed by atoms with Crippen molar-refractivity contribution in [2.24, 2.45) is 5.92 Å². The van der Waals surface area contributed by atoms with Crippen LogP contribution in [0.3, 0.4) is 0 Å². The first-order valence-corrected chi connectivity index (χ1v) is 4.15. The highest BCUT2D eigenvalue weighted by atomic mass is 14.9. The molecule has 4 heteroatoms. The van der Waals surface area contributed by atoms with Crippen molar-refractivity contribution in [3.63, 3.8) is 0 Å². The van der Waals surface area contributed by atoms with Gasteiger partial charge in [0.05, 0.1) is 11.9 Å². The van der Waals surface area contributed by atoms with Crippen LogP contribution in [0.4, 0.5) is 5.82 Å². The lowest BCUT2D eigenvalue weighted by Crippen LogP contribution is -2.03. The number of nitrogens with two attached hydrogens (primary N) is 1. The van der Waals surface area contributed by atoms with Crippen LogP contribution >= 0.6 is 0 Å². The van der Waals surface area contributed by atoms with E-state index in [4.69, 9.17) is 11.0 Å². The summed E-state index contributed by atoms with van der Waals surface area (Å²) in [6.07, 6.45) is 2.44. The fourth-order valence-corrected chi connectivity index (χ4v) is 1.03. The highest BCUT2D eigenvalue weighted by Crippen LogP contribution is 2.08. The second-order valence-corrected chi connectivity index (χ2v) is 3.30. The van der Waals surface area contributed by atoms with Gasteiger partial charge in [0.25, 0.3) is 0 Å². The van der Waals surface area contributed by atoms with Gasteiger partial charge >= 0.3 is 0 Å². The maximum Gasteiger partial charge on any atom is 0.183 e. The lowest BCUT2D eigenvalue weighted by Gasteiger charge is -2.04. The van der Waals surface area contributed by atoms with E-state index in [1.807, 2.05) is 6.07 Å². The zero-order valence-corrected chi connectivity index (χ0v) is 7.78. The quantitative estimate of drug-likeness (QED) is 0.732. The van der Waals surface area contributed by atoms with E-state index in [1.54, 1.807) is 6.20 Å². The summed E-state index contributed by atoms with van der Waals surface area (Å²) in [5.74, 6) is 0.708. The number of aromatic nitrogens is 2. The molecule has 0 unspecified atom stereocenters. The van der Waals surface area contributed by atoms with Crippen LogP contribution in [0.1, 0.15) is 25.2 Å². The summed E-state index contributed by atoms with van der Waals surface area (Å²) < 4.78 is 0. The van der Waals surface area contributed by atoms with Gasteiger partial charge in [0, 0.05) is 0 Å². The highest BCUT2D eigenvalue weighted by Gasteiger charge is 2.04. The first-order valence-electron chi connectivity index (χ1n) is 4.15. The largest absolute Gasteiger partial charge is 0.381 e. The molecule has 1 aromatic heterocycles. The van der Waals surface area contributed by atoms with Gasteiger partial charge < -0.3 is 5.73 Å². The molecule has 1 rings (SSSR count). The molecule has 0 aliphatic rings. The molecule has 0 aliphatic carbocycles. The topological polar surface area (TPSA) is 75.6 Å². The Hall–Kier alpha value is -1.63. The van der Waals surface area contributed by atoms with E-state index in [2.05, 4.69) is 23.8 Å². The van der Waals surface area contributed by atoms with E-state index in [1.165, 1.54) is 0 Å². The van der Waals surface area contributed by atoms with Gasteiger partial charge in [-0.05, 0) is 12.3 Å². The van der Waals surface area contributed by atoms with Gasteiger partial charge in [-0.3, -0.25) is 0 Å². The minimum absolute atomic E-state index is 0.204. The fourth-order valence-electron chi connectivity index (χ4n) is 1.03. The van der Waals surface area contributed by atoms with Crippen molar-refractivity contribution < 1.29 is 0 Å². The van der Waals surface area contributed by atoms with Gasteiger partial charge in [0.15, 0.2) is 11.5 Å². The molecule has 0 amide bonds. The minimum atomic E-state index is 0.204. The molecule has 0 radical (unpaired) electrons. The molecule has 0 aromatic carbocycles. The fraction of sp³-hybridized carbons (Fsp3) is 0.444. The number of hydrogen-bond acceptors (Lipinski definition) is 4. The third-order valence-corrected chi connectivity index (χ3v) is 1.57. The van der Waals surface area contributed by atoms with Gasteiger partial charge in [-0.15, -0.1) is 0 Å². The molecule has 2 N–H and O–H groups in total. The van der Waals surface area contributed by atoms with Crippen molar-refractivity contribution in [1.82, 2.24) is 9.97 Å². The standard InChI is InChI=1S/C9H12N4/c1-6(2)3-7-5-12-9(11)8(4-10)13-7/h5-6H,3H2,1-2H3,(H2,11,12). The van der Waals surface area contributed by atoms with E-state index in [0.717, 1.165) is 12.1 Å². The van der Waals surface area contributed by atoms with E-state index in [0.29, 0.717) is 5.92 Å². The lowest BCUT2D eigenvalue weighted by molar-refractivity contribution is 0.633. The highest BCUT2D eigenvalue weighted by molar-refractivity contribution is 5.42. The Bertz CT molecular complexity index is 338. The number of anilines is 1. The Labute approximate surface area is 77.4 Å². The Morgan fingerprint density at radius 3 is 2.85 bits per heavy atom. The summed E-state index contributed by atoms with van der Waals surface area (Å²) in [6, 6.07) is 1.91. The van der Waals surface area contributed by atoms with E-state index in [9.17, 15) is 0 Å². The molecule has 0 fully saturated rings. The Kier molecular flexibility index (Phi) is 2.80. The van der Waals surface area contributed by atoms with Crippen LogP contribution in [0, 0.1) is 17.2 Å². The molecule has 0 atom stereocenters. The second-order valence-electron chi connectivity index (χ2n) is 3.30. The molecule has 0 saturated carbocycles. The van der Waals surface area contributed by atoms with Crippen LogP contribution in [-0.4, -0.2) is 9.97 Å². The smallest absolute Gasteiger partial charge is 0.183 e. The van der Waals surface area contributed by atoms with Crippen LogP contribution in [0.15, 0.2) is 6.20 Å². The SMILES string of the molecule is CC(C)Cc1cnc(N)c(C#N)n1. The van der Waals surface area contributed by atoms with Crippen LogP contribution in [-0.2, 0) is 6.42 Å². The average Bonchev–Trinajstić information content (AvgIpc) is 2.07. The summed E-state index contributed by atoms with van der Waals surface area (Å²) in [4.78, 5) is 7.98. The van der Waals surface area contributed by atoms with Gasteiger partial charge in [-0.2, -0.15) is 5.26 Å². The van der Waals surface area contributed by atoms with Crippen molar-refractivity contribution in [1.29, 1.82) is 5.26 Å². The Morgan fingerprint density at radius 1 is 1.62 bits per heavy atom. The summed E-state index contributed by atoms with van der Waals surface area (Å²) >= 11 is 0. The van der Waals surface area contributed by atoms with Crippen LogP contribution in [0.2, 0.25) is 0 Å². The molecule has 1 heterocycles. The zero-order chi connectivity index (χ0) is 9.84. The third kappa shape index (κ3) is 2.41. The van der Waals surface area contributed by atoms with E-state index < -0.39 is 0 Å². The van der Waals surface area contributed by atoms with Crippen LogP contribution in [0.5, 0.6) is 0 Å². The maximum atomic E-state index is 8.64. The summed E-state index contributed by atoms with van der Waals surface area (Å²) in [7, 11) is 0. The third-order valence-electron chi connectivity index (χ3n) is 1.57. The average molecular weight is 176 g/mol. The first-order chi connectivity index (χ1) is 6.13. The monoisotopic (exact) mass is 176 g/mol. The number of nitrogens with zero attached hydrogens (tertiary/aromatic N) is 3. The molecule has 13 heavy (non-hydrogen) atoms. The van der Waals surface area contributed by atoms with Crippen molar-refractivity contribution in [3.05, 3.63) is 17.6 Å². The van der Waals surface area contributed by atoms with Gasteiger partial charge in [0.1, 0.15) is 6.07 Å². The van der Waals surface area contributed by atoms with Gasteiger partial charge in [-0.25, -0.2) is 9.97 Å². The minimum Gasteiger partial charge on any atom is -0.381 e. The van der Waals surface area contributed by atoms with Crippen LogP contribution < -0.4 is 5.73 Å². The van der Waals surface area contributed by atoms with Crippen LogP contribution in [0.25, 0.3) is 0 Å². The van der Waals surface area contributed by atoms with Crippen molar-refractivity contribution in [2.45, 2.75) is 20.3 Å². The van der Waals surface area contributed by atoms with Crippen molar-refractivity contribution in [3.8, 4) is 6.07 Å². The molecule has 68 valence electrons.